The summed E-state index contributed by atoms with van der Waals surface area (Å²) in [5.41, 5.74) is 5.35. The van der Waals surface area contributed by atoms with E-state index in [4.69, 9.17) is 5.73 Å². The van der Waals surface area contributed by atoms with Crippen LogP contribution in [0.4, 0.5) is 0 Å². The highest BCUT2D eigenvalue weighted by Crippen LogP contribution is 2.31. The molecule has 0 radical (unpaired) electrons. The van der Waals surface area contributed by atoms with E-state index in [1.54, 1.807) is 0 Å². The van der Waals surface area contributed by atoms with Gasteiger partial charge in [0.15, 0.2) is 9.84 Å². The minimum Gasteiger partial charge on any atom is -0.330 e. The first-order valence-corrected chi connectivity index (χ1v) is 7.73. The van der Waals surface area contributed by atoms with E-state index in [0.29, 0.717) is 18.9 Å². The van der Waals surface area contributed by atoms with Crippen molar-refractivity contribution in [2.75, 3.05) is 12.3 Å². The maximum absolute atomic E-state index is 12.0. The molecule has 2 unspecified atom stereocenters. The van der Waals surface area contributed by atoms with Gasteiger partial charge in [-0.1, -0.05) is 26.2 Å². The summed E-state index contributed by atoms with van der Waals surface area (Å²) < 4.78 is 23.9. The summed E-state index contributed by atoms with van der Waals surface area (Å²) in [5.74, 6) is 0.904. The normalized spacial score (nSPS) is 27.9. The molecule has 1 rings (SSSR count). The van der Waals surface area contributed by atoms with Crippen LogP contribution in [0.1, 0.15) is 45.4 Å². The molecule has 2 atom stereocenters. The highest BCUT2D eigenvalue weighted by atomic mass is 32.2. The van der Waals surface area contributed by atoms with E-state index in [2.05, 4.69) is 6.92 Å². The molecule has 0 spiro atoms. The van der Waals surface area contributed by atoms with Crippen LogP contribution in [-0.2, 0) is 9.84 Å². The predicted octanol–water partition coefficient (Wildman–Crippen LogP) is 1.72. The van der Waals surface area contributed by atoms with Gasteiger partial charge in [-0.15, -0.1) is 0 Å². The number of rotatable bonds is 5. The molecule has 3 nitrogen and oxygen atoms in total. The van der Waals surface area contributed by atoms with Gasteiger partial charge in [0, 0.05) is 0 Å². The van der Waals surface area contributed by atoms with Crippen molar-refractivity contribution in [2.45, 2.75) is 50.7 Å². The molecule has 0 bridgehead atoms. The van der Waals surface area contributed by atoms with E-state index in [1.165, 1.54) is 6.42 Å². The molecular weight excluding hydrogens is 210 g/mol. The van der Waals surface area contributed by atoms with E-state index in [9.17, 15) is 8.42 Å². The average Bonchev–Trinajstić information content (AvgIpc) is 2.26. The Hall–Kier alpha value is -0.0900. The predicted molar refractivity (Wildman–Crippen MR) is 63.5 cm³/mol. The summed E-state index contributed by atoms with van der Waals surface area (Å²) in [6, 6.07) is 0. The molecule has 90 valence electrons. The Morgan fingerprint density at radius 3 is 2.67 bits per heavy atom. The summed E-state index contributed by atoms with van der Waals surface area (Å²) in [6.45, 7) is 2.63. The van der Waals surface area contributed by atoms with Gasteiger partial charge in [-0.2, -0.15) is 0 Å². The largest absolute Gasteiger partial charge is 0.330 e. The number of sulfone groups is 1. The Morgan fingerprint density at radius 1 is 1.33 bits per heavy atom. The smallest absolute Gasteiger partial charge is 0.153 e. The summed E-state index contributed by atoms with van der Waals surface area (Å²) in [4.78, 5) is 0. The standard InChI is InChI=1S/C11H23NO2S/c1-2-10-5-3-6-11(9-10)15(13,14)8-4-7-12/h10-11H,2-9,12H2,1H3. The summed E-state index contributed by atoms with van der Waals surface area (Å²) >= 11 is 0. The van der Waals surface area contributed by atoms with Crippen molar-refractivity contribution in [3.8, 4) is 0 Å². The van der Waals surface area contributed by atoms with Gasteiger partial charge in [0.05, 0.1) is 11.0 Å². The first-order chi connectivity index (χ1) is 7.10. The molecular formula is C11H23NO2S. The summed E-state index contributed by atoms with van der Waals surface area (Å²) in [7, 11) is -2.87. The second-order valence-electron chi connectivity index (χ2n) is 4.57. The van der Waals surface area contributed by atoms with E-state index in [0.717, 1.165) is 25.7 Å². The first-order valence-electron chi connectivity index (χ1n) is 6.01. The van der Waals surface area contributed by atoms with Crippen LogP contribution in [0.25, 0.3) is 0 Å². The summed E-state index contributed by atoms with van der Waals surface area (Å²) in [6.07, 6.45) is 5.75. The van der Waals surface area contributed by atoms with Gasteiger partial charge in [0.25, 0.3) is 0 Å². The van der Waals surface area contributed by atoms with Crippen LogP contribution >= 0.6 is 0 Å². The number of nitrogens with two attached hydrogens (primary N) is 1. The Balaban J connectivity index is 2.54. The van der Waals surface area contributed by atoms with Crippen LogP contribution < -0.4 is 5.73 Å². The molecule has 0 amide bonds. The van der Waals surface area contributed by atoms with Crippen LogP contribution in [0, 0.1) is 5.92 Å². The molecule has 0 saturated heterocycles. The van der Waals surface area contributed by atoms with Gasteiger partial charge in [-0.25, -0.2) is 8.42 Å². The topological polar surface area (TPSA) is 60.2 Å². The Kier molecular flexibility index (Phi) is 5.06. The zero-order valence-electron chi connectivity index (χ0n) is 9.61. The minimum absolute atomic E-state index is 0.0808. The van der Waals surface area contributed by atoms with Gasteiger partial charge >= 0.3 is 0 Å². The molecule has 0 aromatic carbocycles. The molecule has 1 fully saturated rings. The van der Waals surface area contributed by atoms with Crippen LogP contribution in [-0.4, -0.2) is 26.0 Å². The van der Waals surface area contributed by atoms with Crippen LogP contribution in [0.15, 0.2) is 0 Å². The molecule has 0 aliphatic heterocycles. The maximum Gasteiger partial charge on any atom is 0.153 e. The van der Waals surface area contributed by atoms with E-state index in [-0.39, 0.29) is 11.0 Å². The fourth-order valence-corrected chi connectivity index (χ4v) is 4.38. The van der Waals surface area contributed by atoms with Gasteiger partial charge < -0.3 is 5.73 Å². The molecule has 4 heteroatoms. The Bertz CT molecular complexity index is 274. The van der Waals surface area contributed by atoms with Crippen LogP contribution in [0.5, 0.6) is 0 Å². The zero-order valence-corrected chi connectivity index (χ0v) is 10.4. The molecule has 0 aromatic rings. The molecule has 1 aliphatic carbocycles. The van der Waals surface area contributed by atoms with Crippen molar-refractivity contribution in [2.24, 2.45) is 11.7 Å². The second kappa shape index (κ2) is 5.85. The van der Waals surface area contributed by atoms with Gasteiger partial charge in [0.1, 0.15) is 0 Å². The molecule has 1 saturated carbocycles. The number of hydrogen-bond acceptors (Lipinski definition) is 3. The molecule has 2 N–H and O–H groups in total. The minimum atomic E-state index is -2.87. The first kappa shape index (κ1) is 13.0. The second-order valence-corrected chi connectivity index (χ2v) is 6.97. The molecule has 15 heavy (non-hydrogen) atoms. The van der Waals surface area contributed by atoms with Crippen LogP contribution in [0.3, 0.4) is 0 Å². The molecule has 0 heterocycles. The summed E-state index contributed by atoms with van der Waals surface area (Å²) in [5, 5.41) is -0.0808. The van der Waals surface area contributed by atoms with Crippen molar-refractivity contribution in [1.29, 1.82) is 0 Å². The molecule has 0 aromatic heterocycles. The van der Waals surface area contributed by atoms with Crippen molar-refractivity contribution >= 4 is 9.84 Å². The molecule has 1 aliphatic rings. The lowest BCUT2D eigenvalue weighted by Crippen LogP contribution is -2.30. The third-order valence-corrected chi connectivity index (χ3v) is 5.75. The lowest BCUT2D eigenvalue weighted by molar-refractivity contribution is 0.348. The third-order valence-electron chi connectivity index (χ3n) is 3.45. The monoisotopic (exact) mass is 233 g/mol. The van der Waals surface area contributed by atoms with E-state index in [1.807, 2.05) is 0 Å². The van der Waals surface area contributed by atoms with E-state index < -0.39 is 9.84 Å². The maximum atomic E-state index is 12.0. The third kappa shape index (κ3) is 3.76. The van der Waals surface area contributed by atoms with Crippen LogP contribution in [0.2, 0.25) is 0 Å². The van der Waals surface area contributed by atoms with Crippen molar-refractivity contribution in [3.63, 3.8) is 0 Å². The quantitative estimate of drug-likeness (QED) is 0.786. The van der Waals surface area contributed by atoms with Gasteiger partial charge in [-0.05, 0) is 31.7 Å². The fraction of sp³-hybridized carbons (Fsp3) is 1.00. The van der Waals surface area contributed by atoms with Gasteiger partial charge in [0.2, 0.25) is 0 Å². The van der Waals surface area contributed by atoms with Crippen molar-refractivity contribution < 1.29 is 8.42 Å². The average molecular weight is 233 g/mol. The van der Waals surface area contributed by atoms with E-state index >= 15 is 0 Å². The lowest BCUT2D eigenvalue weighted by Gasteiger charge is -2.28. The Morgan fingerprint density at radius 2 is 2.07 bits per heavy atom. The van der Waals surface area contributed by atoms with Gasteiger partial charge in [-0.3, -0.25) is 0 Å². The van der Waals surface area contributed by atoms with Crippen molar-refractivity contribution in [3.05, 3.63) is 0 Å². The number of hydrogen-bond donors (Lipinski definition) is 1. The SMILES string of the molecule is CCC1CCCC(S(=O)(=O)CCCN)C1. The lowest BCUT2D eigenvalue weighted by atomic mass is 9.87. The highest BCUT2D eigenvalue weighted by Gasteiger charge is 2.30. The zero-order chi connectivity index (χ0) is 11.3. The van der Waals surface area contributed by atoms with Crippen molar-refractivity contribution in [1.82, 2.24) is 0 Å². The highest BCUT2D eigenvalue weighted by molar-refractivity contribution is 7.92. The Labute approximate surface area is 93.3 Å². The fourth-order valence-electron chi connectivity index (χ4n) is 2.39.